The van der Waals surface area contributed by atoms with Gasteiger partial charge in [0.25, 0.3) is 20.7 Å². The predicted molar refractivity (Wildman–Crippen MR) is 103 cm³/mol. The van der Waals surface area contributed by atoms with E-state index in [-0.39, 0.29) is 12.2 Å². The van der Waals surface area contributed by atoms with E-state index in [1.165, 1.54) is 6.92 Å². The van der Waals surface area contributed by atoms with Gasteiger partial charge in [-0.25, -0.2) is 0 Å². The highest BCUT2D eigenvalue weighted by atomic mass is 32.2. The quantitative estimate of drug-likeness (QED) is 0.729. The van der Waals surface area contributed by atoms with Crippen molar-refractivity contribution in [2.45, 2.75) is 32.5 Å². The van der Waals surface area contributed by atoms with Crippen LogP contribution in [0, 0.1) is 20.8 Å². The Morgan fingerprint density at radius 2 is 1.67 bits per heavy atom. The molecule has 0 spiro atoms. The summed E-state index contributed by atoms with van der Waals surface area (Å²) in [5.41, 5.74) is 2.63. The lowest BCUT2D eigenvalue weighted by atomic mass is 10.1. The Morgan fingerprint density at radius 3 is 2.37 bits per heavy atom. The molecule has 0 saturated heterocycles. The number of anilines is 1. The molecule has 0 bridgehead atoms. The second-order valence-electron chi connectivity index (χ2n) is 6.30. The van der Waals surface area contributed by atoms with Gasteiger partial charge in [0.2, 0.25) is 0 Å². The smallest absolute Gasteiger partial charge is 0.277 e. The van der Waals surface area contributed by atoms with Crippen molar-refractivity contribution in [2.75, 3.05) is 4.72 Å². The fraction of sp³-hybridized carbons (Fsp3) is 0.211. The summed E-state index contributed by atoms with van der Waals surface area (Å²) in [5, 5.41) is 7.13. The van der Waals surface area contributed by atoms with Crippen molar-refractivity contribution in [3.05, 3.63) is 81.3 Å². The molecule has 2 aromatic carbocycles. The van der Waals surface area contributed by atoms with E-state index < -0.39 is 20.7 Å². The van der Waals surface area contributed by atoms with E-state index in [1.807, 2.05) is 50.2 Å². The van der Waals surface area contributed by atoms with Crippen molar-refractivity contribution in [1.82, 2.24) is 14.8 Å². The van der Waals surface area contributed by atoms with Gasteiger partial charge in [-0.15, -0.1) is 10.2 Å². The fourth-order valence-corrected chi connectivity index (χ4v) is 3.84. The summed E-state index contributed by atoms with van der Waals surface area (Å²) >= 11 is 0. The van der Waals surface area contributed by atoms with Crippen LogP contribution in [0.15, 0.2) is 58.5 Å². The van der Waals surface area contributed by atoms with Crippen molar-refractivity contribution in [1.29, 1.82) is 0 Å². The largest absolute Gasteiger partial charge is 0.297 e. The summed E-state index contributed by atoms with van der Waals surface area (Å²) in [6.45, 7) is 5.31. The summed E-state index contributed by atoms with van der Waals surface area (Å²) in [6.07, 6.45) is 0. The maximum absolute atomic E-state index is 13.0. The highest BCUT2D eigenvalue weighted by Crippen LogP contribution is 2.21. The Hall–Kier alpha value is -3.00. The van der Waals surface area contributed by atoms with Gasteiger partial charge >= 0.3 is 0 Å². The molecule has 27 heavy (non-hydrogen) atoms. The van der Waals surface area contributed by atoms with Crippen LogP contribution in [0.3, 0.4) is 0 Å². The number of hydrogen-bond donors (Lipinski definition) is 1. The lowest BCUT2D eigenvalue weighted by molar-refractivity contribution is 0.544. The van der Waals surface area contributed by atoms with Crippen molar-refractivity contribution in [2.24, 2.45) is 0 Å². The first-order chi connectivity index (χ1) is 12.8. The Bertz CT molecular complexity index is 1140. The molecule has 3 rings (SSSR count). The highest BCUT2D eigenvalue weighted by Gasteiger charge is 2.24. The molecule has 0 fully saturated rings. The van der Waals surface area contributed by atoms with Crippen LogP contribution < -0.4 is 10.3 Å². The summed E-state index contributed by atoms with van der Waals surface area (Å²) in [7, 11) is -4.10. The molecule has 0 unspecified atom stereocenters. The van der Waals surface area contributed by atoms with Gasteiger partial charge in [-0.3, -0.25) is 14.1 Å². The van der Waals surface area contributed by atoms with Crippen LogP contribution in [0.1, 0.15) is 22.4 Å². The van der Waals surface area contributed by atoms with Gasteiger partial charge in [-0.05, 0) is 43.5 Å². The monoisotopic (exact) mass is 384 g/mol. The number of hydrogen-bond acceptors (Lipinski definition) is 5. The van der Waals surface area contributed by atoms with E-state index in [0.29, 0.717) is 5.69 Å². The van der Waals surface area contributed by atoms with Crippen LogP contribution >= 0.6 is 0 Å². The lowest BCUT2D eigenvalue weighted by Crippen LogP contribution is -2.32. The first-order valence-electron chi connectivity index (χ1n) is 8.36. The van der Waals surface area contributed by atoms with Crippen molar-refractivity contribution in [3.8, 4) is 0 Å². The molecule has 0 radical (unpaired) electrons. The average molecular weight is 384 g/mol. The first-order valence-corrected chi connectivity index (χ1v) is 9.85. The van der Waals surface area contributed by atoms with Gasteiger partial charge in [0, 0.05) is 0 Å². The molecule has 7 nitrogen and oxygen atoms in total. The molecule has 0 aliphatic carbocycles. The number of nitrogens with zero attached hydrogens (tertiary/aromatic N) is 3. The zero-order valence-electron chi connectivity index (χ0n) is 15.3. The average Bonchev–Trinajstić information content (AvgIpc) is 2.63. The molecular formula is C19H20N4O3S. The van der Waals surface area contributed by atoms with Gasteiger partial charge in [-0.2, -0.15) is 8.42 Å². The SMILES string of the molecule is Cc1cccc(NS(=O)(=O)c2nnc(C)c(=O)n2Cc2ccccc2)c1C. The number of benzene rings is 2. The van der Waals surface area contributed by atoms with Crippen molar-refractivity contribution < 1.29 is 8.42 Å². The summed E-state index contributed by atoms with van der Waals surface area (Å²) < 4.78 is 29.6. The van der Waals surface area contributed by atoms with Crippen LogP contribution in [-0.4, -0.2) is 23.2 Å². The van der Waals surface area contributed by atoms with E-state index >= 15 is 0 Å². The molecule has 140 valence electrons. The van der Waals surface area contributed by atoms with Crippen LogP contribution in [0.25, 0.3) is 0 Å². The van der Waals surface area contributed by atoms with Crippen LogP contribution in [-0.2, 0) is 16.6 Å². The van der Waals surface area contributed by atoms with E-state index in [9.17, 15) is 13.2 Å². The molecule has 0 aliphatic heterocycles. The molecule has 3 aromatic rings. The van der Waals surface area contributed by atoms with Gasteiger partial charge in [-0.1, -0.05) is 42.5 Å². The van der Waals surface area contributed by atoms with Crippen molar-refractivity contribution in [3.63, 3.8) is 0 Å². The van der Waals surface area contributed by atoms with Gasteiger partial charge in [0.1, 0.15) is 5.69 Å². The zero-order chi connectivity index (χ0) is 19.6. The number of nitrogens with one attached hydrogen (secondary N) is 1. The van der Waals surface area contributed by atoms with E-state index in [4.69, 9.17) is 0 Å². The van der Waals surface area contributed by atoms with Gasteiger partial charge in [0.15, 0.2) is 0 Å². The summed E-state index contributed by atoms with van der Waals surface area (Å²) in [5.74, 6) is 0. The first kappa shape index (κ1) is 18.8. The van der Waals surface area contributed by atoms with Crippen molar-refractivity contribution >= 4 is 15.7 Å². The van der Waals surface area contributed by atoms with Gasteiger partial charge in [0.05, 0.1) is 12.2 Å². The Balaban J connectivity index is 2.09. The minimum Gasteiger partial charge on any atom is -0.277 e. The molecule has 1 aromatic heterocycles. The van der Waals surface area contributed by atoms with E-state index in [2.05, 4.69) is 14.9 Å². The molecule has 0 aliphatic rings. The molecule has 0 saturated carbocycles. The Labute approximate surface area is 157 Å². The number of aryl methyl sites for hydroxylation is 2. The lowest BCUT2D eigenvalue weighted by Gasteiger charge is -2.15. The van der Waals surface area contributed by atoms with Crippen LogP contribution in [0.2, 0.25) is 0 Å². The molecule has 8 heteroatoms. The molecule has 1 N–H and O–H groups in total. The summed E-state index contributed by atoms with van der Waals surface area (Å²) in [6, 6.07) is 14.5. The molecule has 1 heterocycles. The van der Waals surface area contributed by atoms with Gasteiger partial charge < -0.3 is 0 Å². The minimum atomic E-state index is -4.10. The molecule has 0 amide bonds. The van der Waals surface area contributed by atoms with Crippen LogP contribution in [0.4, 0.5) is 5.69 Å². The van der Waals surface area contributed by atoms with Crippen LogP contribution in [0.5, 0.6) is 0 Å². The zero-order valence-corrected chi connectivity index (χ0v) is 16.1. The normalized spacial score (nSPS) is 11.4. The Morgan fingerprint density at radius 1 is 0.963 bits per heavy atom. The number of sulfonamides is 1. The predicted octanol–water partition coefficient (Wildman–Crippen LogP) is 2.41. The second-order valence-corrected chi connectivity index (χ2v) is 7.87. The standard InChI is InChI=1S/C19H20N4O3S/c1-13-8-7-11-17(14(13)2)22-27(25,26)19-21-20-15(3)18(24)23(19)12-16-9-5-4-6-10-16/h4-11,22H,12H2,1-3H3. The number of aromatic nitrogens is 3. The van der Waals surface area contributed by atoms with E-state index in [0.717, 1.165) is 21.3 Å². The molecule has 0 atom stereocenters. The Kier molecular flexibility index (Phi) is 5.09. The third-order valence-corrected chi connectivity index (χ3v) is 5.62. The summed E-state index contributed by atoms with van der Waals surface area (Å²) in [4.78, 5) is 12.6. The molecular weight excluding hydrogens is 364 g/mol. The maximum atomic E-state index is 13.0. The van der Waals surface area contributed by atoms with E-state index in [1.54, 1.807) is 12.1 Å². The topological polar surface area (TPSA) is 94.0 Å². The fourth-order valence-electron chi connectivity index (χ4n) is 2.65. The minimum absolute atomic E-state index is 0.0824. The number of rotatable bonds is 5. The maximum Gasteiger partial charge on any atom is 0.297 e. The second kappa shape index (κ2) is 7.32. The highest BCUT2D eigenvalue weighted by molar-refractivity contribution is 7.92. The third-order valence-electron chi connectivity index (χ3n) is 4.34. The third kappa shape index (κ3) is 3.90.